The van der Waals surface area contributed by atoms with Crippen LogP contribution in [0.4, 0.5) is 5.95 Å². The number of nitrogens with zero attached hydrogens (tertiary/aromatic N) is 5. The van der Waals surface area contributed by atoms with E-state index in [4.69, 9.17) is 14.5 Å². The Labute approximate surface area is 186 Å². The molecule has 0 radical (unpaired) electrons. The third-order valence-corrected chi connectivity index (χ3v) is 5.71. The number of imidazole rings is 1. The van der Waals surface area contributed by atoms with Gasteiger partial charge >= 0.3 is 6.41 Å². The predicted molar refractivity (Wildman–Crippen MR) is 119 cm³/mol. The quantitative estimate of drug-likeness (QED) is 0.618. The Morgan fingerprint density at radius 3 is 2.53 bits per heavy atom. The van der Waals surface area contributed by atoms with Gasteiger partial charge in [0.15, 0.2) is 0 Å². The minimum Gasteiger partial charge on any atom is -0.441 e. The van der Waals surface area contributed by atoms with E-state index in [2.05, 4.69) is 22.0 Å². The van der Waals surface area contributed by atoms with Crippen LogP contribution in [0.25, 0.3) is 11.4 Å². The van der Waals surface area contributed by atoms with Gasteiger partial charge in [-0.15, -0.1) is 0 Å². The summed E-state index contributed by atoms with van der Waals surface area (Å²) in [6, 6.07) is 15.9. The number of allylic oxidation sites excluding steroid dienone is 1. The average molecular weight is 431 g/mol. The zero-order chi connectivity index (χ0) is 21.9. The van der Waals surface area contributed by atoms with Crippen LogP contribution in [0.3, 0.4) is 0 Å². The van der Waals surface area contributed by atoms with Crippen LogP contribution in [-0.2, 0) is 20.7 Å². The molecule has 0 spiro atoms. The van der Waals surface area contributed by atoms with E-state index >= 15 is 0 Å². The van der Waals surface area contributed by atoms with Crippen LogP contribution in [0.15, 0.2) is 72.9 Å². The molecule has 8 nitrogen and oxygen atoms in total. The van der Waals surface area contributed by atoms with Crippen LogP contribution >= 0.6 is 0 Å². The molecule has 164 valence electrons. The summed E-state index contributed by atoms with van der Waals surface area (Å²) in [4.78, 5) is 24.9. The van der Waals surface area contributed by atoms with Crippen molar-refractivity contribution < 1.29 is 14.3 Å². The fraction of sp³-hybridized carbons (Fsp3) is 0.292. The summed E-state index contributed by atoms with van der Waals surface area (Å²) in [6.07, 6.45) is 5.22. The Kier molecular flexibility index (Phi) is 5.49. The first-order valence-electron chi connectivity index (χ1n) is 10.7. The number of pyridine rings is 1. The van der Waals surface area contributed by atoms with Gasteiger partial charge in [0.2, 0.25) is 11.9 Å². The predicted octanol–water partition coefficient (Wildman–Crippen LogP) is 3.20. The van der Waals surface area contributed by atoms with Crippen LogP contribution in [0.5, 0.6) is 0 Å². The van der Waals surface area contributed by atoms with Crippen molar-refractivity contribution in [2.45, 2.75) is 19.8 Å². The number of benzene rings is 1. The SMILES string of the molecule is CC(=O)N1CCN(c2ncc(-c3ccccn3)n2C2OC=C(Cc3ccccc3)O2)CC1. The molecule has 1 saturated heterocycles. The average Bonchev–Trinajstić information content (AvgIpc) is 3.47. The van der Waals surface area contributed by atoms with Gasteiger partial charge < -0.3 is 19.3 Å². The molecule has 8 heteroatoms. The number of aromatic nitrogens is 3. The second-order valence-corrected chi connectivity index (χ2v) is 7.83. The van der Waals surface area contributed by atoms with Crippen LogP contribution in [-0.4, -0.2) is 51.5 Å². The molecule has 32 heavy (non-hydrogen) atoms. The molecule has 4 heterocycles. The summed E-state index contributed by atoms with van der Waals surface area (Å²) in [5.74, 6) is 1.60. The molecular formula is C24H25N5O3. The monoisotopic (exact) mass is 431 g/mol. The zero-order valence-electron chi connectivity index (χ0n) is 17.9. The molecule has 1 aromatic carbocycles. The van der Waals surface area contributed by atoms with E-state index in [-0.39, 0.29) is 5.91 Å². The molecule has 2 aromatic heterocycles. The van der Waals surface area contributed by atoms with Gasteiger partial charge in [-0.3, -0.25) is 9.78 Å². The maximum absolute atomic E-state index is 11.7. The number of hydrogen-bond donors (Lipinski definition) is 0. The van der Waals surface area contributed by atoms with Crippen LogP contribution in [0.1, 0.15) is 18.9 Å². The van der Waals surface area contributed by atoms with E-state index < -0.39 is 6.41 Å². The fourth-order valence-corrected chi connectivity index (χ4v) is 4.03. The molecule has 2 aliphatic heterocycles. The molecule has 0 aliphatic carbocycles. The smallest absolute Gasteiger partial charge is 0.333 e. The number of piperazine rings is 1. The fourth-order valence-electron chi connectivity index (χ4n) is 4.03. The van der Waals surface area contributed by atoms with Crippen molar-refractivity contribution in [3.8, 4) is 11.4 Å². The van der Waals surface area contributed by atoms with Crippen molar-refractivity contribution in [3.63, 3.8) is 0 Å². The van der Waals surface area contributed by atoms with E-state index in [1.54, 1.807) is 25.6 Å². The van der Waals surface area contributed by atoms with Crippen molar-refractivity contribution in [1.29, 1.82) is 0 Å². The molecule has 0 saturated carbocycles. The maximum atomic E-state index is 11.7. The van der Waals surface area contributed by atoms with Crippen molar-refractivity contribution in [1.82, 2.24) is 19.4 Å². The maximum Gasteiger partial charge on any atom is 0.333 e. The highest BCUT2D eigenvalue weighted by atomic mass is 16.7. The van der Waals surface area contributed by atoms with E-state index in [1.807, 2.05) is 45.9 Å². The van der Waals surface area contributed by atoms with E-state index in [1.165, 1.54) is 0 Å². The van der Waals surface area contributed by atoms with Gasteiger partial charge in [0, 0.05) is 45.7 Å². The van der Waals surface area contributed by atoms with E-state index in [0.29, 0.717) is 32.6 Å². The van der Waals surface area contributed by atoms with Gasteiger partial charge in [-0.25, -0.2) is 9.55 Å². The lowest BCUT2D eigenvalue weighted by Crippen LogP contribution is -2.49. The Balaban J connectivity index is 1.41. The van der Waals surface area contributed by atoms with Crippen molar-refractivity contribution >= 4 is 11.9 Å². The molecule has 0 bridgehead atoms. The number of carbonyl (C=O) groups is 1. The normalized spacial score (nSPS) is 18.2. The van der Waals surface area contributed by atoms with Crippen molar-refractivity contribution in [3.05, 3.63) is 78.5 Å². The van der Waals surface area contributed by atoms with Crippen molar-refractivity contribution in [2.24, 2.45) is 0 Å². The van der Waals surface area contributed by atoms with Crippen LogP contribution < -0.4 is 4.90 Å². The second kappa shape index (κ2) is 8.74. The van der Waals surface area contributed by atoms with Gasteiger partial charge in [0.25, 0.3) is 0 Å². The standard InChI is InChI=1S/C24H25N5O3/c1-18(30)27-11-13-28(14-12-27)23-26-16-22(21-9-5-6-10-25-21)29(23)24-31-17-20(32-24)15-19-7-3-2-4-8-19/h2-10,16-17,24H,11-15H2,1H3. The summed E-state index contributed by atoms with van der Waals surface area (Å²) in [7, 11) is 0. The molecule has 1 atom stereocenters. The Morgan fingerprint density at radius 1 is 1.03 bits per heavy atom. The van der Waals surface area contributed by atoms with E-state index in [0.717, 1.165) is 28.7 Å². The summed E-state index contributed by atoms with van der Waals surface area (Å²) in [5, 5.41) is 0. The third kappa shape index (κ3) is 4.03. The minimum absolute atomic E-state index is 0.0966. The third-order valence-electron chi connectivity index (χ3n) is 5.71. The number of carbonyl (C=O) groups excluding carboxylic acids is 1. The van der Waals surface area contributed by atoms with Gasteiger partial charge in [-0.2, -0.15) is 0 Å². The molecule has 2 aliphatic rings. The molecule has 1 fully saturated rings. The highest BCUT2D eigenvalue weighted by molar-refractivity contribution is 5.73. The molecule has 3 aromatic rings. The van der Waals surface area contributed by atoms with Gasteiger partial charge in [0.1, 0.15) is 12.0 Å². The Morgan fingerprint density at radius 2 is 1.81 bits per heavy atom. The second-order valence-electron chi connectivity index (χ2n) is 7.83. The zero-order valence-corrected chi connectivity index (χ0v) is 17.9. The largest absolute Gasteiger partial charge is 0.441 e. The minimum atomic E-state index is -0.672. The summed E-state index contributed by atoms with van der Waals surface area (Å²) in [5.41, 5.74) is 2.76. The lowest BCUT2D eigenvalue weighted by Gasteiger charge is -2.35. The van der Waals surface area contributed by atoms with Crippen molar-refractivity contribution in [2.75, 3.05) is 31.1 Å². The lowest BCUT2D eigenvalue weighted by atomic mass is 10.1. The lowest BCUT2D eigenvalue weighted by molar-refractivity contribution is -0.129. The first-order chi connectivity index (χ1) is 15.7. The van der Waals surface area contributed by atoms with Gasteiger partial charge in [-0.1, -0.05) is 36.4 Å². The number of anilines is 1. The van der Waals surface area contributed by atoms with E-state index in [9.17, 15) is 4.79 Å². The molecule has 1 amide bonds. The number of amides is 1. The van der Waals surface area contributed by atoms with Gasteiger partial charge in [-0.05, 0) is 17.7 Å². The van der Waals surface area contributed by atoms with Gasteiger partial charge in [0.05, 0.1) is 17.6 Å². The first kappa shape index (κ1) is 20.1. The summed E-state index contributed by atoms with van der Waals surface area (Å²) < 4.78 is 14.1. The first-order valence-corrected chi connectivity index (χ1v) is 10.7. The summed E-state index contributed by atoms with van der Waals surface area (Å²) >= 11 is 0. The van der Waals surface area contributed by atoms with Crippen LogP contribution in [0.2, 0.25) is 0 Å². The number of ether oxygens (including phenoxy) is 2. The number of rotatable bonds is 5. The Bertz CT molecular complexity index is 1110. The highest BCUT2D eigenvalue weighted by Gasteiger charge is 2.31. The highest BCUT2D eigenvalue weighted by Crippen LogP contribution is 2.34. The Hall–Kier alpha value is -3.81. The number of hydrogen-bond acceptors (Lipinski definition) is 6. The molecule has 0 N–H and O–H groups in total. The van der Waals surface area contributed by atoms with Crippen LogP contribution in [0, 0.1) is 0 Å². The topological polar surface area (TPSA) is 72.7 Å². The molecular weight excluding hydrogens is 406 g/mol. The summed E-state index contributed by atoms with van der Waals surface area (Å²) in [6.45, 7) is 4.30. The molecule has 5 rings (SSSR count). The molecule has 1 unspecified atom stereocenters.